The van der Waals surface area contributed by atoms with E-state index in [-0.39, 0.29) is 34.5 Å². The maximum absolute atomic E-state index is 13.2. The third-order valence-electron chi connectivity index (χ3n) is 8.00. The molecule has 0 aromatic carbocycles. The zero-order valence-electron chi connectivity index (χ0n) is 22.3. The Morgan fingerprint density at radius 2 is 1.68 bits per heavy atom. The Kier molecular flexibility index (Phi) is 9.51. The second-order valence-corrected chi connectivity index (χ2v) is 15.6. The van der Waals surface area contributed by atoms with Gasteiger partial charge in [0.05, 0.1) is 10.9 Å². The van der Waals surface area contributed by atoms with Crippen LogP contribution in [0.25, 0.3) is 9.75 Å². The van der Waals surface area contributed by atoms with Crippen LogP contribution in [0.15, 0.2) is 28.5 Å². The van der Waals surface area contributed by atoms with Gasteiger partial charge < -0.3 is 15.1 Å². The first-order valence-electron chi connectivity index (χ1n) is 13.9. The van der Waals surface area contributed by atoms with E-state index in [1.165, 1.54) is 35.1 Å². The summed E-state index contributed by atoms with van der Waals surface area (Å²) in [5.41, 5.74) is 0. The van der Waals surface area contributed by atoms with Crippen molar-refractivity contribution in [1.29, 1.82) is 0 Å². The number of likely N-dealkylation sites (tertiary alicyclic amines) is 2. The Labute approximate surface area is 248 Å². The standard InChI is InChI=1S/C27H35ClN4O5S3/c28-23-11-9-21(38-23)22-10-12-26(39-22)40(36,37)30-20-8-4-13-31(27(20)35)17-25(34)32-14-3-7-19(32)16-29-24(33)15-18-5-1-2-6-18/h9-12,18-20,30H,1-8,13-17H2,(H,29,33)/t19-,20?/m0/s1. The molecule has 4 heterocycles. The zero-order valence-corrected chi connectivity index (χ0v) is 25.5. The smallest absolute Gasteiger partial charge is 0.250 e. The van der Waals surface area contributed by atoms with Crippen molar-refractivity contribution in [2.45, 2.75) is 74.1 Å². The van der Waals surface area contributed by atoms with Crippen LogP contribution < -0.4 is 10.0 Å². The average molecular weight is 627 g/mol. The number of nitrogens with zero attached hydrogens (tertiary/aromatic N) is 2. The molecule has 2 aromatic rings. The monoisotopic (exact) mass is 626 g/mol. The molecular formula is C27H35ClN4O5S3. The summed E-state index contributed by atoms with van der Waals surface area (Å²) >= 11 is 8.51. The maximum Gasteiger partial charge on any atom is 0.250 e. The summed E-state index contributed by atoms with van der Waals surface area (Å²) in [5.74, 6) is -0.0316. The van der Waals surface area contributed by atoms with Crippen molar-refractivity contribution in [2.24, 2.45) is 5.92 Å². The molecule has 5 rings (SSSR count). The van der Waals surface area contributed by atoms with Gasteiger partial charge in [0.15, 0.2) is 0 Å². The van der Waals surface area contributed by atoms with Crippen LogP contribution in [0.5, 0.6) is 0 Å². The molecule has 0 bridgehead atoms. The van der Waals surface area contributed by atoms with Crippen molar-refractivity contribution in [2.75, 3.05) is 26.2 Å². The fourth-order valence-electron chi connectivity index (χ4n) is 5.91. The fraction of sp³-hybridized carbons (Fsp3) is 0.593. The van der Waals surface area contributed by atoms with Crippen LogP contribution in [0.4, 0.5) is 0 Å². The highest BCUT2D eigenvalue weighted by Gasteiger charge is 2.36. The number of sulfonamides is 1. The molecule has 0 radical (unpaired) electrons. The number of carbonyl (C=O) groups is 3. The molecule has 2 N–H and O–H groups in total. The minimum atomic E-state index is -3.92. The molecule has 2 aliphatic heterocycles. The van der Waals surface area contributed by atoms with E-state index in [2.05, 4.69) is 10.0 Å². The van der Waals surface area contributed by atoms with Crippen LogP contribution in [0.3, 0.4) is 0 Å². The summed E-state index contributed by atoms with van der Waals surface area (Å²) in [6.45, 7) is 1.33. The summed E-state index contributed by atoms with van der Waals surface area (Å²) in [4.78, 5) is 43.7. The van der Waals surface area contributed by atoms with Crippen molar-refractivity contribution in [3.63, 3.8) is 0 Å². The number of carbonyl (C=O) groups excluding carboxylic acids is 3. The first-order chi connectivity index (χ1) is 19.2. The second-order valence-electron chi connectivity index (χ2n) is 10.8. The first-order valence-corrected chi connectivity index (χ1v) is 17.4. The Morgan fingerprint density at radius 1 is 0.950 bits per heavy atom. The normalized spacial score (nSPS) is 22.3. The number of nitrogens with one attached hydrogen (secondary N) is 2. The van der Waals surface area contributed by atoms with Crippen LogP contribution in [-0.4, -0.2) is 74.2 Å². The predicted octanol–water partition coefficient (Wildman–Crippen LogP) is 4.09. The van der Waals surface area contributed by atoms with E-state index >= 15 is 0 Å². The van der Waals surface area contributed by atoms with Gasteiger partial charge in [0.2, 0.25) is 17.7 Å². The molecule has 218 valence electrons. The number of rotatable bonds is 10. The van der Waals surface area contributed by atoms with Gasteiger partial charge in [-0.1, -0.05) is 24.4 Å². The number of halogens is 1. The van der Waals surface area contributed by atoms with Crippen molar-refractivity contribution < 1.29 is 22.8 Å². The summed E-state index contributed by atoms with van der Waals surface area (Å²) in [6, 6.07) is 5.88. The van der Waals surface area contributed by atoms with Gasteiger partial charge in [0.25, 0.3) is 10.0 Å². The highest BCUT2D eigenvalue weighted by molar-refractivity contribution is 7.91. The van der Waals surface area contributed by atoms with Crippen molar-refractivity contribution in [3.8, 4) is 9.75 Å². The molecule has 1 unspecified atom stereocenters. The summed E-state index contributed by atoms with van der Waals surface area (Å²) in [6.07, 6.45) is 7.80. The van der Waals surface area contributed by atoms with E-state index in [4.69, 9.17) is 11.6 Å². The number of piperidine rings is 1. The Bertz CT molecular complexity index is 1340. The molecular weight excluding hydrogens is 592 g/mol. The molecule has 9 nitrogen and oxygen atoms in total. The van der Waals surface area contributed by atoms with Crippen LogP contribution >= 0.6 is 34.3 Å². The summed E-state index contributed by atoms with van der Waals surface area (Å²) < 4.78 is 29.5. The van der Waals surface area contributed by atoms with Crippen molar-refractivity contribution >= 4 is 62.0 Å². The Balaban J connectivity index is 1.14. The lowest BCUT2D eigenvalue weighted by atomic mass is 10.0. The van der Waals surface area contributed by atoms with Gasteiger partial charge in [-0.15, -0.1) is 22.7 Å². The molecule has 2 atom stereocenters. The molecule has 3 amide bonds. The van der Waals surface area contributed by atoms with Gasteiger partial charge in [-0.2, -0.15) is 4.72 Å². The quantitative estimate of drug-likeness (QED) is 0.412. The van der Waals surface area contributed by atoms with Gasteiger partial charge in [0.1, 0.15) is 10.3 Å². The van der Waals surface area contributed by atoms with Gasteiger partial charge in [-0.25, -0.2) is 8.42 Å². The molecule has 1 aliphatic carbocycles. The topological polar surface area (TPSA) is 116 Å². The van der Waals surface area contributed by atoms with E-state index in [9.17, 15) is 22.8 Å². The van der Waals surface area contributed by atoms with Crippen molar-refractivity contribution in [1.82, 2.24) is 19.8 Å². The average Bonchev–Trinajstić information content (AvgIpc) is 3.72. The van der Waals surface area contributed by atoms with Crippen LogP contribution in [0, 0.1) is 5.92 Å². The molecule has 13 heteroatoms. The van der Waals surface area contributed by atoms with Gasteiger partial charge in [0, 0.05) is 41.9 Å². The molecule has 2 saturated heterocycles. The Hall–Kier alpha value is -1.99. The van der Waals surface area contributed by atoms with Crippen LogP contribution in [0.1, 0.15) is 57.8 Å². The van der Waals surface area contributed by atoms with E-state index in [1.807, 2.05) is 6.07 Å². The first kappa shape index (κ1) is 29.5. The van der Waals surface area contributed by atoms with Crippen LogP contribution in [0.2, 0.25) is 4.34 Å². The fourth-order valence-corrected chi connectivity index (χ4v) is 9.59. The highest BCUT2D eigenvalue weighted by atomic mass is 35.5. The Morgan fingerprint density at radius 3 is 2.42 bits per heavy atom. The lowest BCUT2D eigenvalue weighted by Crippen LogP contribution is -2.55. The third kappa shape index (κ3) is 7.07. The van der Waals surface area contributed by atoms with E-state index in [0.717, 1.165) is 46.8 Å². The minimum Gasteiger partial charge on any atom is -0.354 e. The molecule has 0 spiro atoms. The zero-order chi connectivity index (χ0) is 28.3. The van der Waals surface area contributed by atoms with E-state index < -0.39 is 16.1 Å². The largest absolute Gasteiger partial charge is 0.354 e. The summed E-state index contributed by atoms with van der Waals surface area (Å²) in [5, 5.41) is 3.02. The van der Waals surface area contributed by atoms with Crippen molar-refractivity contribution in [3.05, 3.63) is 28.6 Å². The number of hydrogen-bond donors (Lipinski definition) is 2. The predicted molar refractivity (Wildman–Crippen MR) is 157 cm³/mol. The molecule has 2 aromatic heterocycles. The lowest BCUT2D eigenvalue weighted by Gasteiger charge is -2.34. The molecule has 1 saturated carbocycles. The lowest BCUT2D eigenvalue weighted by molar-refractivity contribution is -0.143. The van der Waals surface area contributed by atoms with Gasteiger partial charge in [-0.05, 0) is 68.7 Å². The second kappa shape index (κ2) is 12.9. The number of thiophene rings is 2. The maximum atomic E-state index is 13.2. The SMILES string of the molecule is O=C(CC1CCCC1)NC[C@@H]1CCCN1C(=O)CN1CCCC(NS(=O)(=O)c2ccc(-c3ccc(Cl)s3)s2)C1=O. The minimum absolute atomic E-state index is 0.0459. The van der Waals surface area contributed by atoms with Crippen LogP contribution in [-0.2, 0) is 24.4 Å². The van der Waals surface area contributed by atoms with Gasteiger partial charge >= 0.3 is 0 Å². The summed E-state index contributed by atoms with van der Waals surface area (Å²) in [7, 11) is -3.92. The van der Waals surface area contributed by atoms with E-state index in [1.54, 1.807) is 17.0 Å². The van der Waals surface area contributed by atoms with E-state index in [0.29, 0.717) is 49.2 Å². The molecule has 40 heavy (non-hydrogen) atoms. The number of hydrogen-bond acceptors (Lipinski definition) is 7. The van der Waals surface area contributed by atoms with Gasteiger partial charge in [-0.3, -0.25) is 14.4 Å². The molecule has 3 aliphatic rings. The third-order valence-corrected chi connectivity index (χ3v) is 12.5. The number of amides is 3. The molecule has 3 fully saturated rings. The highest BCUT2D eigenvalue weighted by Crippen LogP contribution is 2.37.